The molecule has 1 rings (SSSR count). The van der Waals surface area contributed by atoms with E-state index in [2.05, 4.69) is 14.2 Å². The Kier molecular flexibility index (Phi) is 5.45. The largest absolute Gasteiger partial charge is 0.264 e. The summed E-state index contributed by atoms with van der Waals surface area (Å²) in [6.07, 6.45) is 3.60. The highest BCUT2D eigenvalue weighted by atomic mass is 31.0. The molecule has 0 spiro atoms. The number of aryl methyl sites for hydroxylation is 1. The molecule has 0 bridgehead atoms. The molecule has 1 aromatic heterocycles. The number of hydrogen-bond acceptors (Lipinski definition) is 1. The van der Waals surface area contributed by atoms with Crippen molar-refractivity contribution in [2.75, 3.05) is 6.66 Å². The van der Waals surface area contributed by atoms with E-state index in [4.69, 9.17) is 0 Å². The van der Waals surface area contributed by atoms with Gasteiger partial charge in [-0.05, 0) is 18.6 Å². The van der Waals surface area contributed by atoms with Crippen LogP contribution in [-0.4, -0.2) is 11.6 Å². The fourth-order valence-electron chi connectivity index (χ4n) is 0.448. The van der Waals surface area contributed by atoms with Crippen molar-refractivity contribution in [2.45, 2.75) is 6.92 Å². The molecule has 0 amide bonds. The molecule has 1 nitrogen and oxygen atoms in total. The molecule has 1 aromatic rings. The lowest BCUT2D eigenvalue weighted by molar-refractivity contribution is 1.27. The van der Waals surface area contributed by atoms with Gasteiger partial charge >= 0.3 is 0 Å². The highest BCUT2D eigenvalue weighted by Crippen LogP contribution is 1.88. The third-order valence-electron chi connectivity index (χ3n) is 0.809. The summed E-state index contributed by atoms with van der Waals surface area (Å²) < 4.78 is 0. The maximum Gasteiger partial charge on any atom is 0.0297 e. The summed E-state index contributed by atoms with van der Waals surface area (Å²) in [5, 5.41) is 0. The molecule has 0 saturated carbocycles. The van der Waals surface area contributed by atoms with Crippen LogP contribution in [0.25, 0.3) is 0 Å². The standard InChI is InChI=1S/C6H7N.CH5P/c1-6-3-2-4-7-5-6;1-2/h2-5H,1H3;2H2,1H3. The summed E-state index contributed by atoms with van der Waals surface area (Å²) in [6.45, 7) is 3.94. The smallest absolute Gasteiger partial charge is 0.0297 e. The zero-order valence-corrected chi connectivity index (χ0v) is 6.99. The van der Waals surface area contributed by atoms with E-state index >= 15 is 0 Å². The van der Waals surface area contributed by atoms with Crippen LogP contribution in [0.2, 0.25) is 0 Å². The first-order valence-corrected chi connectivity index (χ1v) is 3.99. The van der Waals surface area contributed by atoms with Gasteiger partial charge in [0.15, 0.2) is 0 Å². The fraction of sp³-hybridized carbons (Fsp3) is 0.286. The monoisotopic (exact) mass is 141 g/mol. The predicted octanol–water partition coefficient (Wildman–Crippen LogP) is 1.88. The van der Waals surface area contributed by atoms with Gasteiger partial charge in [-0.1, -0.05) is 12.7 Å². The Hall–Kier alpha value is -0.420. The predicted molar refractivity (Wildman–Crippen MR) is 44.6 cm³/mol. The second-order valence-corrected chi connectivity index (χ2v) is 1.53. The Morgan fingerprint density at radius 2 is 2.11 bits per heavy atom. The highest BCUT2D eigenvalue weighted by molar-refractivity contribution is 7.15. The summed E-state index contributed by atoms with van der Waals surface area (Å²) in [5.74, 6) is 0. The van der Waals surface area contributed by atoms with Gasteiger partial charge in [-0.15, -0.1) is 9.24 Å². The zero-order valence-electron chi connectivity index (χ0n) is 5.83. The molecule has 0 aromatic carbocycles. The Labute approximate surface area is 58.7 Å². The second kappa shape index (κ2) is 5.71. The third kappa shape index (κ3) is 4.11. The number of rotatable bonds is 0. The van der Waals surface area contributed by atoms with Crippen LogP contribution in [0.5, 0.6) is 0 Å². The van der Waals surface area contributed by atoms with Crippen molar-refractivity contribution in [2.24, 2.45) is 0 Å². The summed E-state index contributed by atoms with van der Waals surface area (Å²) >= 11 is 0. The first-order chi connectivity index (χ1) is 4.39. The van der Waals surface area contributed by atoms with E-state index in [1.165, 1.54) is 5.56 Å². The van der Waals surface area contributed by atoms with Gasteiger partial charge in [-0.25, -0.2) is 0 Å². The number of pyridine rings is 1. The first kappa shape index (κ1) is 8.58. The normalized spacial score (nSPS) is 7.44. The van der Waals surface area contributed by atoms with E-state index in [1.807, 2.05) is 31.9 Å². The third-order valence-corrected chi connectivity index (χ3v) is 0.809. The minimum Gasteiger partial charge on any atom is -0.264 e. The van der Waals surface area contributed by atoms with Crippen LogP contribution >= 0.6 is 9.24 Å². The van der Waals surface area contributed by atoms with Crippen LogP contribution in [0.4, 0.5) is 0 Å². The van der Waals surface area contributed by atoms with Crippen molar-refractivity contribution in [3.05, 3.63) is 30.1 Å². The molecule has 0 radical (unpaired) electrons. The van der Waals surface area contributed by atoms with Gasteiger partial charge in [0.05, 0.1) is 0 Å². The van der Waals surface area contributed by atoms with E-state index < -0.39 is 0 Å². The topological polar surface area (TPSA) is 12.9 Å². The zero-order chi connectivity index (χ0) is 7.11. The molecule has 2 heteroatoms. The van der Waals surface area contributed by atoms with E-state index in [9.17, 15) is 0 Å². The minimum atomic E-state index is 1.21. The summed E-state index contributed by atoms with van der Waals surface area (Å²) in [7, 11) is 2.42. The van der Waals surface area contributed by atoms with Crippen LogP contribution in [0.1, 0.15) is 5.56 Å². The highest BCUT2D eigenvalue weighted by Gasteiger charge is 1.73. The Bertz CT molecular complexity index is 139. The van der Waals surface area contributed by atoms with Crippen LogP contribution in [0.3, 0.4) is 0 Å². The molecular formula is C7H12NP. The van der Waals surface area contributed by atoms with Gasteiger partial charge in [0.1, 0.15) is 0 Å². The molecule has 50 valence electrons. The van der Waals surface area contributed by atoms with Crippen molar-refractivity contribution < 1.29 is 0 Å². The minimum absolute atomic E-state index is 1.21. The van der Waals surface area contributed by atoms with Gasteiger partial charge in [0.2, 0.25) is 0 Å². The van der Waals surface area contributed by atoms with E-state index in [0.29, 0.717) is 0 Å². The average Bonchev–Trinajstić information content (AvgIpc) is 1.94. The van der Waals surface area contributed by atoms with E-state index in [-0.39, 0.29) is 0 Å². The summed E-state index contributed by atoms with van der Waals surface area (Å²) in [5.41, 5.74) is 1.21. The maximum atomic E-state index is 3.88. The molecule has 9 heavy (non-hydrogen) atoms. The Balaban J connectivity index is 0.000000291. The maximum absolute atomic E-state index is 3.88. The lowest BCUT2D eigenvalue weighted by Crippen LogP contribution is -1.69. The van der Waals surface area contributed by atoms with E-state index in [1.54, 1.807) is 6.20 Å². The molecule has 0 aliphatic heterocycles. The lowest BCUT2D eigenvalue weighted by Gasteiger charge is -1.82. The van der Waals surface area contributed by atoms with Gasteiger partial charge in [-0.3, -0.25) is 4.98 Å². The van der Waals surface area contributed by atoms with Crippen LogP contribution in [0, 0.1) is 6.92 Å². The van der Waals surface area contributed by atoms with Gasteiger partial charge in [0, 0.05) is 12.4 Å². The van der Waals surface area contributed by atoms with Crippen LogP contribution in [0.15, 0.2) is 24.5 Å². The quantitative estimate of drug-likeness (QED) is 0.503. The second-order valence-electron chi connectivity index (χ2n) is 1.53. The van der Waals surface area contributed by atoms with Crippen molar-refractivity contribution in [1.82, 2.24) is 4.98 Å². The number of aromatic nitrogens is 1. The summed E-state index contributed by atoms with van der Waals surface area (Å²) in [4.78, 5) is 3.88. The molecule has 0 N–H and O–H groups in total. The molecule has 0 aliphatic rings. The SMILES string of the molecule is CP.Cc1cccnc1. The van der Waals surface area contributed by atoms with Gasteiger partial charge in [0.25, 0.3) is 0 Å². The van der Waals surface area contributed by atoms with Crippen molar-refractivity contribution in [3.63, 3.8) is 0 Å². The van der Waals surface area contributed by atoms with Crippen molar-refractivity contribution in [3.8, 4) is 0 Å². The molecule has 0 fully saturated rings. The van der Waals surface area contributed by atoms with Crippen molar-refractivity contribution in [1.29, 1.82) is 0 Å². The summed E-state index contributed by atoms with van der Waals surface area (Å²) in [6, 6.07) is 3.95. The lowest BCUT2D eigenvalue weighted by atomic mass is 10.3. The number of nitrogens with zero attached hydrogens (tertiary/aromatic N) is 1. The Morgan fingerprint density at radius 1 is 1.44 bits per heavy atom. The molecule has 0 saturated heterocycles. The number of hydrogen-bond donors (Lipinski definition) is 0. The fourth-order valence-corrected chi connectivity index (χ4v) is 0.448. The van der Waals surface area contributed by atoms with Crippen LogP contribution in [-0.2, 0) is 0 Å². The van der Waals surface area contributed by atoms with Crippen LogP contribution < -0.4 is 0 Å². The van der Waals surface area contributed by atoms with Gasteiger partial charge < -0.3 is 0 Å². The molecular weight excluding hydrogens is 129 g/mol. The molecule has 1 atom stereocenters. The molecule has 0 aliphatic carbocycles. The van der Waals surface area contributed by atoms with Gasteiger partial charge in [-0.2, -0.15) is 0 Å². The Morgan fingerprint density at radius 3 is 2.33 bits per heavy atom. The van der Waals surface area contributed by atoms with E-state index in [0.717, 1.165) is 0 Å². The average molecular weight is 141 g/mol. The van der Waals surface area contributed by atoms with Crippen molar-refractivity contribution >= 4 is 9.24 Å². The molecule has 1 unspecified atom stereocenters. The first-order valence-electron chi connectivity index (χ1n) is 2.84. The molecule has 1 heterocycles.